The van der Waals surface area contributed by atoms with Crippen LogP contribution in [0.15, 0.2) is 6.33 Å². The molecule has 1 aliphatic rings. The first-order valence-electron chi connectivity index (χ1n) is 6.09. The summed E-state index contributed by atoms with van der Waals surface area (Å²) in [5.74, 6) is 1.08. The fourth-order valence-electron chi connectivity index (χ4n) is 2.31. The van der Waals surface area contributed by atoms with Gasteiger partial charge in [-0.2, -0.15) is 5.10 Å². The molecule has 1 N–H and O–H groups in total. The molecule has 5 heteroatoms. The second-order valence-electron chi connectivity index (χ2n) is 4.35. The van der Waals surface area contributed by atoms with Crippen molar-refractivity contribution in [1.29, 1.82) is 0 Å². The molecule has 0 saturated carbocycles. The van der Waals surface area contributed by atoms with Crippen molar-refractivity contribution in [3.05, 3.63) is 12.2 Å². The Balaban J connectivity index is 1.93. The lowest BCUT2D eigenvalue weighted by atomic mass is 10.1. The number of nitrogens with zero attached hydrogens (tertiary/aromatic N) is 4. The Labute approximate surface area is 96.8 Å². The summed E-state index contributed by atoms with van der Waals surface area (Å²) in [6.07, 6.45) is 4.21. The normalized spacial score (nSPS) is 22.5. The van der Waals surface area contributed by atoms with Crippen molar-refractivity contribution in [2.45, 2.75) is 38.9 Å². The topological polar surface area (TPSA) is 46.0 Å². The molecule has 0 aromatic carbocycles. The molecule has 0 aliphatic carbocycles. The fraction of sp³-hybridized carbons (Fsp3) is 0.818. The minimum atomic E-state index is 0.631. The van der Waals surface area contributed by atoms with Gasteiger partial charge in [-0.3, -0.25) is 4.90 Å². The van der Waals surface area contributed by atoms with Crippen LogP contribution in [0.2, 0.25) is 0 Å². The molecule has 90 valence electrons. The molecule has 0 radical (unpaired) electrons. The first-order valence-corrected chi connectivity index (χ1v) is 6.09. The van der Waals surface area contributed by atoms with Crippen molar-refractivity contribution in [3.63, 3.8) is 0 Å². The second-order valence-corrected chi connectivity index (χ2v) is 4.35. The van der Waals surface area contributed by atoms with E-state index >= 15 is 0 Å². The van der Waals surface area contributed by atoms with Gasteiger partial charge >= 0.3 is 0 Å². The smallest absolute Gasteiger partial charge is 0.140 e. The molecule has 0 spiro atoms. The third-order valence-electron chi connectivity index (χ3n) is 3.27. The lowest BCUT2D eigenvalue weighted by Crippen LogP contribution is -2.44. The average Bonchev–Trinajstić information content (AvgIpc) is 2.76. The van der Waals surface area contributed by atoms with Gasteiger partial charge in [-0.25, -0.2) is 9.67 Å². The van der Waals surface area contributed by atoms with E-state index in [1.807, 2.05) is 11.7 Å². The van der Waals surface area contributed by atoms with Gasteiger partial charge in [0.1, 0.15) is 12.2 Å². The van der Waals surface area contributed by atoms with Crippen LogP contribution in [0.5, 0.6) is 0 Å². The predicted molar refractivity (Wildman–Crippen MR) is 63.1 cm³/mol. The molecular weight excluding hydrogens is 202 g/mol. The molecule has 1 fully saturated rings. The van der Waals surface area contributed by atoms with Crippen molar-refractivity contribution in [1.82, 2.24) is 25.0 Å². The van der Waals surface area contributed by atoms with Gasteiger partial charge in [-0.15, -0.1) is 0 Å². The summed E-state index contributed by atoms with van der Waals surface area (Å²) in [5, 5.41) is 7.56. The molecule has 1 atom stereocenters. The zero-order valence-corrected chi connectivity index (χ0v) is 10.2. The van der Waals surface area contributed by atoms with Crippen LogP contribution in [0.1, 0.15) is 25.6 Å². The van der Waals surface area contributed by atoms with E-state index in [1.165, 1.54) is 19.4 Å². The zero-order chi connectivity index (χ0) is 11.4. The lowest BCUT2D eigenvalue weighted by Gasteiger charge is -2.32. The van der Waals surface area contributed by atoms with Gasteiger partial charge in [0.15, 0.2) is 0 Å². The fourth-order valence-corrected chi connectivity index (χ4v) is 2.31. The maximum absolute atomic E-state index is 4.32. The highest BCUT2D eigenvalue weighted by molar-refractivity contribution is 4.87. The number of nitrogens with one attached hydrogen (secondary N) is 1. The molecule has 0 amide bonds. The maximum atomic E-state index is 4.32. The number of likely N-dealkylation sites (tertiary alicyclic amines) is 1. The average molecular weight is 223 g/mol. The van der Waals surface area contributed by atoms with Crippen molar-refractivity contribution in [2.75, 3.05) is 20.1 Å². The van der Waals surface area contributed by atoms with Gasteiger partial charge in [-0.05, 0) is 33.4 Å². The highest BCUT2D eigenvalue weighted by Gasteiger charge is 2.19. The number of hydrogen-bond donors (Lipinski definition) is 1. The Morgan fingerprint density at radius 3 is 3.19 bits per heavy atom. The van der Waals surface area contributed by atoms with Gasteiger partial charge in [0.25, 0.3) is 0 Å². The highest BCUT2D eigenvalue weighted by atomic mass is 15.3. The summed E-state index contributed by atoms with van der Waals surface area (Å²) in [6, 6.07) is 0.631. The minimum absolute atomic E-state index is 0.631. The summed E-state index contributed by atoms with van der Waals surface area (Å²) in [7, 11) is 2.04. The summed E-state index contributed by atoms with van der Waals surface area (Å²) in [5.41, 5.74) is 0. The van der Waals surface area contributed by atoms with Gasteiger partial charge in [-0.1, -0.05) is 0 Å². The number of aryl methyl sites for hydroxylation is 1. The number of hydrogen-bond acceptors (Lipinski definition) is 4. The first-order chi connectivity index (χ1) is 7.83. The van der Waals surface area contributed by atoms with Crippen molar-refractivity contribution in [2.24, 2.45) is 0 Å². The molecule has 5 nitrogen and oxygen atoms in total. The molecule has 1 saturated heterocycles. The molecule has 1 aliphatic heterocycles. The van der Waals surface area contributed by atoms with Crippen molar-refractivity contribution in [3.8, 4) is 0 Å². The molecule has 16 heavy (non-hydrogen) atoms. The Bertz CT molecular complexity index is 322. The molecule has 1 aromatic rings. The van der Waals surface area contributed by atoms with E-state index in [2.05, 4.69) is 27.2 Å². The van der Waals surface area contributed by atoms with E-state index in [-0.39, 0.29) is 0 Å². The Kier molecular flexibility index (Phi) is 3.90. The monoisotopic (exact) mass is 223 g/mol. The van der Waals surface area contributed by atoms with Gasteiger partial charge in [0.05, 0.1) is 6.54 Å². The van der Waals surface area contributed by atoms with Crippen LogP contribution in [0.4, 0.5) is 0 Å². The van der Waals surface area contributed by atoms with Crippen LogP contribution in [0.25, 0.3) is 0 Å². The second kappa shape index (κ2) is 5.41. The molecular formula is C11H21N5. The maximum Gasteiger partial charge on any atom is 0.140 e. The van der Waals surface area contributed by atoms with Crippen LogP contribution in [0, 0.1) is 0 Å². The standard InChI is InChI=1S/C11H21N5/c1-3-16-11(13-9-14-16)8-15-6-4-5-10(7-15)12-2/h9-10,12H,3-8H2,1-2H3. The largest absolute Gasteiger partial charge is 0.316 e. The molecule has 0 bridgehead atoms. The number of aromatic nitrogens is 3. The van der Waals surface area contributed by atoms with Crippen LogP contribution < -0.4 is 5.32 Å². The lowest BCUT2D eigenvalue weighted by molar-refractivity contribution is 0.181. The summed E-state index contributed by atoms with van der Waals surface area (Å²) < 4.78 is 1.98. The molecule has 1 aromatic heterocycles. The molecule has 2 heterocycles. The minimum Gasteiger partial charge on any atom is -0.316 e. The SMILES string of the molecule is CCn1ncnc1CN1CCCC(NC)C1. The first kappa shape index (κ1) is 11.5. The summed E-state index contributed by atoms with van der Waals surface area (Å²) >= 11 is 0. The highest BCUT2D eigenvalue weighted by Crippen LogP contribution is 2.12. The zero-order valence-electron chi connectivity index (χ0n) is 10.2. The van der Waals surface area contributed by atoms with Gasteiger partial charge in [0, 0.05) is 19.1 Å². The van der Waals surface area contributed by atoms with E-state index in [0.29, 0.717) is 6.04 Å². The van der Waals surface area contributed by atoms with Crippen LogP contribution >= 0.6 is 0 Å². The van der Waals surface area contributed by atoms with Crippen LogP contribution in [0.3, 0.4) is 0 Å². The van der Waals surface area contributed by atoms with E-state index in [9.17, 15) is 0 Å². The number of likely N-dealkylation sites (N-methyl/N-ethyl adjacent to an activating group) is 1. The third kappa shape index (κ3) is 2.59. The predicted octanol–water partition coefficient (Wildman–Crippen LogP) is 0.482. The Morgan fingerprint density at radius 2 is 2.44 bits per heavy atom. The van der Waals surface area contributed by atoms with Crippen LogP contribution in [-0.4, -0.2) is 45.8 Å². The Hall–Kier alpha value is -0.940. The van der Waals surface area contributed by atoms with E-state index in [1.54, 1.807) is 6.33 Å². The number of rotatable bonds is 4. The van der Waals surface area contributed by atoms with E-state index in [0.717, 1.165) is 25.5 Å². The van der Waals surface area contributed by atoms with Crippen molar-refractivity contribution >= 4 is 0 Å². The quantitative estimate of drug-likeness (QED) is 0.806. The Morgan fingerprint density at radius 1 is 1.56 bits per heavy atom. The van der Waals surface area contributed by atoms with Gasteiger partial charge in [0.2, 0.25) is 0 Å². The summed E-state index contributed by atoms with van der Waals surface area (Å²) in [6.45, 7) is 6.22. The summed E-state index contributed by atoms with van der Waals surface area (Å²) in [4.78, 5) is 6.78. The van der Waals surface area contributed by atoms with Gasteiger partial charge < -0.3 is 5.32 Å². The van der Waals surface area contributed by atoms with E-state index in [4.69, 9.17) is 0 Å². The van der Waals surface area contributed by atoms with E-state index < -0.39 is 0 Å². The van der Waals surface area contributed by atoms with Crippen LogP contribution in [-0.2, 0) is 13.1 Å². The molecule has 1 unspecified atom stereocenters. The third-order valence-corrected chi connectivity index (χ3v) is 3.27. The van der Waals surface area contributed by atoms with Crippen molar-refractivity contribution < 1.29 is 0 Å². The number of piperidine rings is 1. The molecule has 2 rings (SSSR count).